The normalized spacial score (nSPS) is 20.0. The number of aryl methyl sites for hydroxylation is 1. The van der Waals surface area contributed by atoms with Crippen LogP contribution in [0.2, 0.25) is 5.15 Å². The zero-order valence-electron chi connectivity index (χ0n) is 11.6. The van der Waals surface area contributed by atoms with Crippen molar-refractivity contribution in [2.24, 2.45) is 5.92 Å². The lowest BCUT2D eigenvalue weighted by atomic mass is 10.0. The molecule has 1 aliphatic carbocycles. The van der Waals surface area contributed by atoms with E-state index in [1.54, 1.807) is 6.07 Å². The van der Waals surface area contributed by atoms with Crippen LogP contribution >= 0.6 is 11.6 Å². The Morgan fingerprint density at radius 2 is 2.00 bits per heavy atom. The van der Waals surface area contributed by atoms with Crippen LogP contribution in [0.1, 0.15) is 31.5 Å². The molecule has 2 fully saturated rings. The van der Waals surface area contributed by atoms with Gasteiger partial charge >= 0.3 is 0 Å². The number of hydrogen-bond donors (Lipinski definition) is 1. The van der Waals surface area contributed by atoms with Gasteiger partial charge in [-0.15, -0.1) is 0 Å². The van der Waals surface area contributed by atoms with E-state index in [1.807, 2.05) is 6.92 Å². The van der Waals surface area contributed by atoms with Gasteiger partial charge in [0.15, 0.2) is 0 Å². The lowest BCUT2D eigenvalue weighted by Crippen LogP contribution is -2.45. The highest BCUT2D eigenvalue weighted by molar-refractivity contribution is 6.29. The number of amides is 1. The van der Waals surface area contributed by atoms with Gasteiger partial charge in [0.1, 0.15) is 16.8 Å². The molecule has 5 nitrogen and oxygen atoms in total. The van der Waals surface area contributed by atoms with Crippen molar-refractivity contribution in [1.82, 2.24) is 15.3 Å². The molecule has 0 radical (unpaired) electrons. The van der Waals surface area contributed by atoms with Crippen molar-refractivity contribution in [2.75, 3.05) is 18.0 Å². The molecule has 2 aliphatic rings. The zero-order chi connectivity index (χ0) is 14.1. The number of nitrogens with one attached hydrogen (secondary N) is 1. The summed E-state index contributed by atoms with van der Waals surface area (Å²) in [4.78, 5) is 22.5. The van der Waals surface area contributed by atoms with Gasteiger partial charge in [-0.25, -0.2) is 9.97 Å². The second-order valence-electron chi connectivity index (χ2n) is 5.64. The first-order chi connectivity index (χ1) is 9.61. The fourth-order valence-electron chi connectivity index (χ4n) is 2.60. The van der Waals surface area contributed by atoms with Gasteiger partial charge in [-0.3, -0.25) is 4.79 Å². The Labute approximate surface area is 123 Å². The Hall–Kier alpha value is -1.36. The van der Waals surface area contributed by atoms with Crippen LogP contribution in [0.4, 0.5) is 5.82 Å². The average molecular weight is 295 g/mol. The minimum absolute atomic E-state index is 0.240. The smallest absolute Gasteiger partial charge is 0.223 e. The van der Waals surface area contributed by atoms with Crippen molar-refractivity contribution in [3.8, 4) is 0 Å². The molecule has 3 rings (SSSR count). The molecule has 2 heterocycles. The summed E-state index contributed by atoms with van der Waals surface area (Å²) in [5.74, 6) is 2.10. The van der Waals surface area contributed by atoms with Crippen LogP contribution in [0.25, 0.3) is 0 Å². The number of rotatable bonds is 3. The molecule has 1 aliphatic heterocycles. The number of piperidine rings is 1. The highest BCUT2D eigenvalue weighted by Crippen LogP contribution is 2.29. The number of hydrogen-bond acceptors (Lipinski definition) is 4. The van der Waals surface area contributed by atoms with Gasteiger partial charge in [-0.1, -0.05) is 11.6 Å². The van der Waals surface area contributed by atoms with Crippen molar-refractivity contribution in [3.63, 3.8) is 0 Å². The maximum atomic E-state index is 11.8. The Kier molecular flexibility index (Phi) is 3.78. The topological polar surface area (TPSA) is 58.1 Å². The number of aromatic nitrogens is 2. The van der Waals surface area contributed by atoms with Crippen molar-refractivity contribution < 1.29 is 4.79 Å². The first kappa shape index (κ1) is 13.6. The highest BCUT2D eigenvalue weighted by Gasteiger charge is 2.31. The van der Waals surface area contributed by atoms with Crippen molar-refractivity contribution in [3.05, 3.63) is 17.0 Å². The average Bonchev–Trinajstić information content (AvgIpc) is 3.22. The Balaban J connectivity index is 1.56. The van der Waals surface area contributed by atoms with Gasteiger partial charge in [-0.2, -0.15) is 0 Å². The number of anilines is 1. The minimum atomic E-state index is 0.240. The Morgan fingerprint density at radius 1 is 1.30 bits per heavy atom. The summed E-state index contributed by atoms with van der Waals surface area (Å²) in [6.45, 7) is 3.63. The molecule has 1 aromatic heterocycles. The predicted octanol–water partition coefficient (Wildman–Crippen LogP) is 1.93. The van der Waals surface area contributed by atoms with Crippen LogP contribution in [0.15, 0.2) is 6.07 Å². The van der Waals surface area contributed by atoms with Crippen molar-refractivity contribution in [1.29, 1.82) is 0 Å². The summed E-state index contributed by atoms with van der Waals surface area (Å²) in [5, 5.41) is 3.63. The first-order valence-corrected chi connectivity index (χ1v) is 7.56. The van der Waals surface area contributed by atoms with E-state index in [9.17, 15) is 4.79 Å². The molecule has 1 saturated carbocycles. The second kappa shape index (κ2) is 5.56. The number of nitrogens with zero attached hydrogens (tertiary/aromatic N) is 3. The molecule has 1 N–H and O–H groups in total. The maximum Gasteiger partial charge on any atom is 0.223 e. The van der Waals surface area contributed by atoms with E-state index in [-0.39, 0.29) is 11.8 Å². The van der Waals surface area contributed by atoms with E-state index in [2.05, 4.69) is 20.2 Å². The molecule has 1 aromatic rings. The van der Waals surface area contributed by atoms with Crippen molar-refractivity contribution in [2.45, 2.75) is 38.6 Å². The quantitative estimate of drug-likeness (QED) is 0.866. The summed E-state index contributed by atoms with van der Waals surface area (Å²) in [6, 6.07) is 2.11. The van der Waals surface area contributed by atoms with E-state index in [1.165, 1.54) is 0 Å². The van der Waals surface area contributed by atoms with Gasteiger partial charge in [-0.05, 0) is 32.6 Å². The second-order valence-corrected chi connectivity index (χ2v) is 6.03. The van der Waals surface area contributed by atoms with E-state index < -0.39 is 0 Å². The molecular weight excluding hydrogens is 276 g/mol. The molecule has 1 saturated heterocycles. The van der Waals surface area contributed by atoms with E-state index in [0.29, 0.717) is 17.0 Å². The van der Waals surface area contributed by atoms with Crippen LogP contribution in [0.3, 0.4) is 0 Å². The lowest BCUT2D eigenvalue weighted by Gasteiger charge is -2.33. The summed E-state index contributed by atoms with van der Waals surface area (Å²) >= 11 is 5.97. The standard InChI is InChI=1S/C14H19ClN4O/c1-9-16-12(15)8-13(17-9)19-6-4-11(5-7-19)18-14(20)10-2-3-10/h8,10-11H,2-7H2,1H3,(H,18,20). The third kappa shape index (κ3) is 3.20. The fraction of sp³-hybridized carbons (Fsp3) is 0.643. The van der Waals surface area contributed by atoms with Crippen molar-refractivity contribution >= 4 is 23.3 Å². The van der Waals surface area contributed by atoms with Crippen LogP contribution < -0.4 is 10.2 Å². The lowest BCUT2D eigenvalue weighted by molar-refractivity contribution is -0.123. The largest absolute Gasteiger partial charge is 0.356 e. The first-order valence-electron chi connectivity index (χ1n) is 7.18. The van der Waals surface area contributed by atoms with Gasteiger partial charge in [0.2, 0.25) is 5.91 Å². The molecule has 20 heavy (non-hydrogen) atoms. The summed E-state index contributed by atoms with van der Waals surface area (Å²) in [5.41, 5.74) is 0. The van der Waals surface area contributed by atoms with Crippen LogP contribution in [-0.2, 0) is 4.79 Å². The predicted molar refractivity (Wildman–Crippen MR) is 77.9 cm³/mol. The van der Waals surface area contributed by atoms with Crippen LogP contribution in [0, 0.1) is 12.8 Å². The molecular formula is C14H19ClN4O. The van der Waals surface area contributed by atoms with E-state index >= 15 is 0 Å². The Morgan fingerprint density at radius 3 is 2.60 bits per heavy atom. The molecule has 1 amide bonds. The van der Waals surface area contributed by atoms with Gasteiger partial charge in [0, 0.05) is 31.1 Å². The minimum Gasteiger partial charge on any atom is -0.356 e. The number of carbonyl (C=O) groups is 1. The number of halogens is 1. The molecule has 6 heteroatoms. The van der Waals surface area contributed by atoms with E-state index in [0.717, 1.165) is 44.6 Å². The highest BCUT2D eigenvalue weighted by atomic mass is 35.5. The summed E-state index contributed by atoms with van der Waals surface area (Å²) in [6.07, 6.45) is 4.03. The number of carbonyl (C=O) groups excluding carboxylic acids is 1. The molecule has 108 valence electrons. The van der Waals surface area contributed by atoms with Crippen LogP contribution in [0.5, 0.6) is 0 Å². The molecule has 0 atom stereocenters. The third-order valence-electron chi connectivity index (χ3n) is 3.91. The van der Waals surface area contributed by atoms with Gasteiger partial charge in [0.25, 0.3) is 0 Å². The molecule has 0 bridgehead atoms. The fourth-order valence-corrected chi connectivity index (χ4v) is 2.82. The molecule has 0 unspecified atom stereocenters. The maximum absolute atomic E-state index is 11.8. The summed E-state index contributed by atoms with van der Waals surface area (Å²) in [7, 11) is 0. The Bertz CT molecular complexity index is 490. The monoisotopic (exact) mass is 294 g/mol. The molecule has 0 aromatic carbocycles. The zero-order valence-corrected chi connectivity index (χ0v) is 12.4. The van der Waals surface area contributed by atoms with Crippen LogP contribution in [-0.4, -0.2) is 35.0 Å². The van der Waals surface area contributed by atoms with Gasteiger partial charge < -0.3 is 10.2 Å². The SMILES string of the molecule is Cc1nc(Cl)cc(N2CCC(NC(=O)C3CC3)CC2)n1. The summed E-state index contributed by atoms with van der Waals surface area (Å²) < 4.78 is 0. The molecule has 0 spiro atoms. The van der Waals surface area contributed by atoms with E-state index in [4.69, 9.17) is 11.6 Å². The van der Waals surface area contributed by atoms with Gasteiger partial charge in [0.05, 0.1) is 0 Å². The third-order valence-corrected chi connectivity index (χ3v) is 4.10.